The van der Waals surface area contributed by atoms with Crippen LogP contribution in [-0.4, -0.2) is 32.5 Å². The molecule has 0 radical (unpaired) electrons. The van der Waals surface area contributed by atoms with Crippen LogP contribution in [0.1, 0.15) is 17.3 Å². The largest absolute Gasteiger partial charge is 0.493 e. The Bertz CT molecular complexity index is 879. The molecule has 140 valence electrons. The molecule has 0 saturated heterocycles. The lowest BCUT2D eigenvalue weighted by Crippen LogP contribution is -2.41. The average molecular weight is 368 g/mol. The molecule has 27 heavy (non-hydrogen) atoms. The highest BCUT2D eigenvalue weighted by Gasteiger charge is 2.36. The van der Waals surface area contributed by atoms with Crippen LogP contribution < -0.4 is 19.9 Å². The molecule has 1 aliphatic heterocycles. The number of nitrogens with one attached hydrogen (secondary N) is 1. The zero-order chi connectivity index (χ0) is 19.4. The van der Waals surface area contributed by atoms with Gasteiger partial charge in [-0.1, -0.05) is 18.2 Å². The number of hydroxylamine groups is 1. The fourth-order valence-electron chi connectivity index (χ4n) is 2.99. The highest BCUT2D eigenvalue weighted by molar-refractivity contribution is 6.15. The first-order valence-electron chi connectivity index (χ1n) is 8.32. The van der Waals surface area contributed by atoms with Crippen molar-refractivity contribution in [1.82, 2.24) is 0 Å². The van der Waals surface area contributed by atoms with E-state index in [1.807, 2.05) is 30.3 Å². The highest BCUT2D eigenvalue weighted by Crippen LogP contribution is 2.41. The van der Waals surface area contributed by atoms with E-state index in [0.717, 1.165) is 5.69 Å². The van der Waals surface area contributed by atoms with Crippen molar-refractivity contribution >= 4 is 23.6 Å². The molecular weight excluding hydrogens is 348 g/mol. The van der Waals surface area contributed by atoms with Crippen molar-refractivity contribution in [2.75, 3.05) is 24.6 Å². The van der Waals surface area contributed by atoms with E-state index in [2.05, 4.69) is 5.32 Å². The molecule has 3 rings (SSSR count). The predicted octanol–water partition coefficient (Wildman–Crippen LogP) is 3.18. The molecule has 1 heterocycles. The first-order valence-corrected chi connectivity index (χ1v) is 8.32. The lowest BCUT2D eigenvalue weighted by Gasteiger charge is -2.35. The first-order chi connectivity index (χ1) is 13.1. The molecule has 0 bridgehead atoms. The minimum Gasteiger partial charge on any atom is -0.493 e. The molecule has 7 heteroatoms. The fraction of sp³-hybridized carbons (Fsp3) is 0.200. The number of ether oxygens (including phenoxy) is 2. The van der Waals surface area contributed by atoms with Crippen LogP contribution in [0.2, 0.25) is 0 Å². The minimum atomic E-state index is -0.496. The third kappa shape index (κ3) is 3.44. The number of nitrogens with zero attached hydrogens (tertiary/aromatic N) is 1. The topological polar surface area (TPSA) is 77.1 Å². The van der Waals surface area contributed by atoms with Crippen LogP contribution in [0.5, 0.6) is 11.5 Å². The summed E-state index contributed by atoms with van der Waals surface area (Å²) in [5, 5.41) is 4.49. The summed E-state index contributed by atoms with van der Waals surface area (Å²) in [7, 11) is 2.99. The molecule has 2 aromatic carbocycles. The molecule has 0 aromatic heterocycles. The molecule has 0 aliphatic carbocycles. The number of carbonyl (C=O) groups excluding carboxylic acids is 2. The van der Waals surface area contributed by atoms with Gasteiger partial charge in [0.2, 0.25) is 0 Å². The smallest absolute Gasteiger partial charge is 0.320 e. The number of Topliss-reactive ketones (excluding diaryl/α,β-unsaturated/α-hetero) is 1. The Morgan fingerprint density at radius 3 is 2.37 bits per heavy atom. The van der Waals surface area contributed by atoms with E-state index < -0.39 is 6.04 Å². The van der Waals surface area contributed by atoms with Gasteiger partial charge in [-0.2, -0.15) is 5.06 Å². The van der Waals surface area contributed by atoms with E-state index in [0.29, 0.717) is 34.8 Å². The first kappa shape index (κ1) is 18.3. The maximum Gasteiger partial charge on any atom is 0.320 e. The Morgan fingerprint density at radius 1 is 1.07 bits per heavy atom. The van der Waals surface area contributed by atoms with Crippen molar-refractivity contribution in [3.05, 3.63) is 59.8 Å². The van der Waals surface area contributed by atoms with Gasteiger partial charge in [-0.05, 0) is 25.1 Å². The Labute approximate surface area is 157 Å². The number of hydrogen-bond acceptors (Lipinski definition) is 7. The molecule has 0 saturated carbocycles. The zero-order valence-electron chi connectivity index (χ0n) is 15.3. The van der Waals surface area contributed by atoms with Crippen molar-refractivity contribution in [1.29, 1.82) is 0 Å². The molecule has 1 aliphatic rings. The summed E-state index contributed by atoms with van der Waals surface area (Å²) in [4.78, 5) is 29.3. The average Bonchev–Trinajstić information content (AvgIpc) is 2.70. The third-order valence-electron chi connectivity index (χ3n) is 4.37. The summed E-state index contributed by atoms with van der Waals surface area (Å²) in [5.41, 5.74) is 2.08. The minimum absolute atomic E-state index is 0.187. The van der Waals surface area contributed by atoms with Gasteiger partial charge in [-0.25, -0.2) is 0 Å². The third-order valence-corrected chi connectivity index (χ3v) is 4.37. The van der Waals surface area contributed by atoms with E-state index in [-0.39, 0.29) is 5.78 Å². The number of fused-ring (bicyclic) bond motifs is 1. The van der Waals surface area contributed by atoms with Crippen molar-refractivity contribution in [3.63, 3.8) is 0 Å². The van der Waals surface area contributed by atoms with Crippen molar-refractivity contribution in [2.45, 2.75) is 13.0 Å². The van der Waals surface area contributed by atoms with Gasteiger partial charge in [0, 0.05) is 23.5 Å². The van der Waals surface area contributed by atoms with Gasteiger partial charge >= 0.3 is 6.47 Å². The Hall–Kier alpha value is -3.48. The van der Waals surface area contributed by atoms with Crippen LogP contribution in [0.15, 0.2) is 54.2 Å². The van der Waals surface area contributed by atoms with Crippen LogP contribution in [0, 0.1) is 0 Å². The molecule has 0 fully saturated rings. The number of carbonyl (C=O) groups is 2. The Kier molecular flexibility index (Phi) is 5.30. The lowest BCUT2D eigenvalue weighted by atomic mass is 9.92. The van der Waals surface area contributed by atoms with E-state index in [1.54, 1.807) is 25.3 Å². The molecule has 1 atom stereocenters. The number of benzene rings is 2. The van der Waals surface area contributed by atoms with E-state index in [9.17, 15) is 9.59 Å². The second kappa shape index (κ2) is 7.82. The SMILES string of the molecule is COc1cc2c(cc1OC)N(OC=O)C(C)C(=CNc1ccccc1)C2=O. The van der Waals surface area contributed by atoms with E-state index in [4.69, 9.17) is 14.3 Å². The van der Waals surface area contributed by atoms with Crippen molar-refractivity contribution in [3.8, 4) is 11.5 Å². The van der Waals surface area contributed by atoms with Crippen LogP contribution in [0.3, 0.4) is 0 Å². The van der Waals surface area contributed by atoms with Gasteiger partial charge in [0.15, 0.2) is 17.3 Å². The fourth-order valence-corrected chi connectivity index (χ4v) is 2.99. The Balaban J connectivity index is 2.06. The molecular formula is C20H20N2O5. The summed E-state index contributed by atoms with van der Waals surface area (Å²) in [5.74, 6) is 0.666. The van der Waals surface area contributed by atoms with Crippen LogP contribution in [-0.2, 0) is 9.63 Å². The molecule has 7 nitrogen and oxygen atoms in total. The molecule has 1 N–H and O–H groups in total. The number of ketones is 1. The number of anilines is 2. The van der Waals surface area contributed by atoms with E-state index >= 15 is 0 Å². The van der Waals surface area contributed by atoms with Crippen LogP contribution in [0.4, 0.5) is 11.4 Å². The van der Waals surface area contributed by atoms with Crippen molar-refractivity contribution < 1.29 is 23.9 Å². The number of rotatable bonds is 6. The summed E-state index contributed by atoms with van der Waals surface area (Å²) < 4.78 is 10.6. The van der Waals surface area contributed by atoms with E-state index in [1.165, 1.54) is 19.3 Å². The monoisotopic (exact) mass is 368 g/mol. The molecule has 0 spiro atoms. The van der Waals surface area contributed by atoms with Crippen molar-refractivity contribution in [2.24, 2.45) is 0 Å². The summed E-state index contributed by atoms with van der Waals surface area (Å²) in [6.45, 7) is 2.11. The van der Waals surface area contributed by atoms with Gasteiger partial charge in [0.25, 0.3) is 0 Å². The van der Waals surface area contributed by atoms with Gasteiger partial charge in [-0.15, -0.1) is 0 Å². The zero-order valence-corrected chi connectivity index (χ0v) is 15.3. The summed E-state index contributed by atoms with van der Waals surface area (Å²) >= 11 is 0. The van der Waals surface area contributed by atoms with Gasteiger partial charge in [0.05, 0.1) is 31.5 Å². The maximum atomic E-state index is 13.1. The van der Waals surface area contributed by atoms with Gasteiger partial charge in [-0.3, -0.25) is 9.59 Å². The number of para-hydroxylation sites is 1. The summed E-state index contributed by atoms with van der Waals surface area (Å²) in [6.07, 6.45) is 1.63. The lowest BCUT2D eigenvalue weighted by molar-refractivity contribution is -0.130. The number of hydrogen-bond donors (Lipinski definition) is 1. The molecule has 1 unspecified atom stereocenters. The number of methoxy groups -OCH3 is 2. The summed E-state index contributed by atoms with van der Waals surface area (Å²) in [6, 6.07) is 12.2. The Morgan fingerprint density at radius 2 is 1.74 bits per heavy atom. The second-order valence-corrected chi connectivity index (χ2v) is 5.87. The van der Waals surface area contributed by atoms with Gasteiger partial charge in [0.1, 0.15) is 0 Å². The normalized spacial score (nSPS) is 17.3. The molecule has 2 aromatic rings. The quantitative estimate of drug-likeness (QED) is 0.620. The van der Waals surface area contributed by atoms with Crippen LogP contribution in [0.25, 0.3) is 0 Å². The predicted molar refractivity (Wildman–Crippen MR) is 101 cm³/mol. The highest BCUT2D eigenvalue weighted by atomic mass is 16.7. The maximum absolute atomic E-state index is 13.1. The van der Waals surface area contributed by atoms with Gasteiger partial charge < -0.3 is 19.6 Å². The molecule has 0 amide bonds. The standard InChI is InChI=1S/C20H20N2O5/c1-13-16(11-21-14-7-5-4-6-8-14)20(24)15-9-18(25-2)19(26-3)10-17(15)22(13)27-12-23/h4-13,21H,1-3H3. The second-order valence-electron chi connectivity index (χ2n) is 5.87. The van der Waals surface area contributed by atoms with Crippen LogP contribution >= 0.6 is 0 Å².